The molecule has 0 aliphatic rings. The number of hydrogen-bond donors (Lipinski definition) is 0. The minimum atomic E-state index is 1.12. The van der Waals surface area contributed by atoms with Crippen molar-refractivity contribution in [2.75, 3.05) is 4.90 Å². The molecule has 0 radical (unpaired) electrons. The zero-order valence-corrected chi connectivity index (χ0v) is 27.4. The second kappa shape index (κ2) is 11.2. The SMILES string of the molecule is c1ccc(-c2cccc(N(c3ccc4c5ccccc5n(-c5ccccc5)c4c3)c3cc4ccccc4c4sc5ccccc5c34)c2)cc1. The zero-order chi connectivity index (χ0) is 32.3. The number of aromatic nitrogens is 1. The molecule has 0 unspecified atom stereocenters. The van der Waals surface area contributed by atoms with E-state index >= 15 is 0 Å². The van der Waals surface area contributed by atoms with Crippen LogP contribution in [-0.4, -0.2) is 4.57 Å². The van der Waals surface area contributed by atoms with Gasteiger partial charge in [-0.15, -0.1) is 11.3 Å². The van der Waals surface area contributed by atoms with Crippen LogP contribution in [0.1, 0.15) is 0 Å². The molecule has 10 aromatic rings. The molecule has 2 nitrogen and oxygen atoms in total. The van der Waals surface area contributed by atoms with Crippen molar-refractivity contribution in [3.05, 3.63) is 182 Å². The molecule has 2 aromatic heterocycles. The van der Waals surface area contributed by atoms with E-state index in [1.54, 1.807) is 0 Å². The number of thiophene rings is 1. The van der Waals surface area contributed by atoms with Crippen LogP contribution >= 0.6 is 11.3 Å². The molecular weight excluding hydrogens is 613 g/mol. The van der Waals surface area contributed by atoms with Crippen LogP contribution in [0, 0.1) is 0 Å². The molecule has 0 fully saturated rings. The fourth-order valence-corrected chi connectivity index (χ4v) is 8.81. The van der Waals surface area contributed by atoms with Crippen molar-refractivity contribution in [1.29, 1.82) is 0 Å². The average molecular weight is 643 g/mol. The van der Waals surface area contributed by atoms with Crippen molar-refractivity contribution in [1.82, 2.24) is 4.57 Å². The Hall–Kier alpha value is -6.16. The van der Waals surface area contributed by atoms with Crippen molar-refractivity contribution in [2.24, 2.45) is 0 Å². The minimum Gasteiger partial charge on any atom is -0.310 e. The summed E-state index contributed by atoms with van der Waals surface area (Å²) < 4.78 is 5.02. The molecular formula is C46H30N2S. The van der Waals surface area contributed by atoms with E-state index in [1.807, 2.05) is 11.3 Å². The third-order valence-corrected chi connectivity index (χ3v) is 10.9. The average Bonchev–Trinajstić information content (AvgIpc) is 3.72. The number of para-hydroxylation sites is 2. The standard InChI is InChI=1S/C46H30N2S/c1-3-14-31(15-4-1)32-17-13-20-35(28-32)47(43-29-33-16-7-8-21-37(33)46-45(43)40-23-10-12-25-44(40)49-46)36-26-27-39-38-22-9-11-24-41(38)48(42(39)30-36)34-18-5-2-6-19-34/h1-30H. The van der Waals surface area contributed by atoms with Crippen LogP contribution in [0.25, 0.3) is 69.6 Å². The number of hydrogen-bond acceptors (Lipinski definition) is 2. The van der Waals surface area contributed by atoms with E-state index in [4.69, 9.17) is 0 Å². The molecule has 0 saturated carbocycles. The first kappa shape index (κ1) is 27.9. The quantitative estimate of drug-likeness (QED) is 0.181. The lowest BCUT2D eigenvalue weighted by molar-refractivity contribution is 1.18. The van der Waals surface area contributed by atoms with E-state index in [0.29, 0.717) is 0 Å². The Morgan fingerprint density at radius 1 is 0.429 bits per heavy atom. The van der Waals surface area contributed by atoms with Gasteiger partial charge in [-0.25, -0.2) is 0 Å². The summed E-state index contributed by atoms with van der Waals surface area (Å²) in [4.78, 5) is 2.48. The fourth-order valence-electron chi connectivity index (χ4n) is 7.55. The van der Waals surface area contributed by atoms with Crippen LogP contribution < -0.4 is 4.90 Å². The van der Waals surface area contributed by atoms with Crippen LogP contribution in [0.3, 0.4) is 0 Å². The first-order chi connectivity index (χ1) is 24.3. The lowest BCUT2D eigenvalue weighted by Gasteiger charge is -2.28. The number of fused-ring (bicyclic) bond motifs is 8. The van der Waals surface area contributed by atoms with Gasteiger partial charge in [-0.1, -0.05) is 127 Å². The van der Waals surface area contributed by atoms with Gasteiger partial charge in [0.2, 0.25) is 0 Å². The Balaban J connectivity index is 1.32. The van der Waals surface area contributed by atoms with Gasteiger partial charge in [0.05, 0.1) is 16.7 Å². The van der Waals surface area contributed by atoms with Gasteiger partial charge in [0, 0.05) is 48.0 Å². The summed E-state index contributed by atoms with van der Waals surface area (Å²) in [5, 5.41) is 7.59. The van der Waals surface area contributed by atoms with E-state index in [-0.39, 0.29) is 0 Å². The Morgan fingerprint density at radius 3 is 1.94 bits per heavy atom. The highest BCUT2D eigenvalue weighted by atomic mass is 32.1. The van der Waals surface area contributed by atoms with Crippen molar-refractivity contribution in [3.8, 4) is 16.8 Å². The van der Waals surface area contributed by atoms with E-state index in [1.165, 1.54) is 69.6 Å². The molecule has 10 rings (SSSR count). The Morgan fingerprint density at radius 2 is 1.08 bits per heavy atom. The summed E-state index contributed by atoms with van der Waals surface area (Å²) in [7, 11) is 0. The molecule has 49 heavy (non-hydrogen) atoms. The summed E-state index contributed by atoms with van der Waals surface area (Å²) in [6, 6.07) is 66.2. The molecule has 3 heteroatoms. The molecule has 230 valence electrons. The fraction of sp³-hybridized carbons (Fsp3) is 0. The Kier molecular flexibility index (Phi) is 6.39. The largest absolute Gasteiger partial charge is 0.310 e. The van der Waals surface area contributed by atoms with Gasteiger partial charge in [0.25, 0.3) is 0 Å². The van der Waals surface area contributed by atoms with Gasteiger partial charge in [-0.05, 0) is 76.5 Å². The monoisotopic (exact) mass is 642 g/mol. The number of anilines is 3. The lowest BCUT2D eigenvalue weighted by Crippen LogP contribution is -2.11. The van der Waals surface area contributed by atoms with Gasteiger partial charge in [-0.3, -0.25) is 0 Å². The van der Waals surface area contributed by atoms with Crippen LogP contribution in [-0.2, 0) is 0 Å². The number of nitrogens with zero attached hydrogens (tertiary/aromatic N) is 2. The van der Waals surface area contributed by atoms with Crippen molar-refractivity contribution in [2.45, 2.75) is 0 Å². The number of benzene rings is 8. The van der Waals surface area contributed by atoms with Gasteiger partial charge in [0.1, 0.15) is 0 Å². The lowest BCUT2D eigenvalue weighted by atomic mass is 10.0. The summed E-state index contributed by atoms with van der Waals surface area (Å²) in [6.07, 6.45) is 0. The van der Waals surface area contributed by atoms with Crippen molar-refractivity contribution in [3.63, 3.8) is 0 Å². The highest BCUT2D eigenvalue weighted by molar-refractivity contribution is 7.26. The molecule has 0 saturated heterocycles. The minimum absolute atomic E-state index is 1.12. The molecule has 2 heterocycles. The Bertz CT molecular complexity index is 2830. The third-order valence-electron chi connectivity index (χ3n) is 9.73. The summed E-state index contributed by atoms with van der Waals surface area (Å²) in [5.41, 5.74) is 9.35. The maximum atomic E-state index is 2.48. The van der Waals surface area contributed by atoms with Gasteiger partial charge in [0.15, 0.2) is 0 Å². The van der Waals surface area contributed by atoms with Crippen LogP contribution in [0.2, 0.25) is 0 Å². The zero-order valence-electron chi connectivity index (χ0n) is 26.6. The van der Waals surface area contributed by atoms with E-state index in [0.717, 1.165) is 17.1 Å². The van der Waals surface area contributed by atoms with E-state index in [2.05, 4.69) is 191 Å². The predicted octanol–water partition coefficient (Wildman–Crippen LogP) is 13.4. The van der Waals surface area contributed by atoms with Crippen LogP contribution in [0.5, 0.6) is 0 Å². The summed E-state index contributed by atoms with van der Waals surface area (Å²) in [6.45, 7) is 0. The van der Waals surface area contributed by atoms with Crippen molar-refractivity contribution >= 4 is 81.1 Å². The van der Waals surface area contributed by atoms with Crippen LogP contribution in [0.4, 0.5) is 17.1 Å². The molecule has 0 aliphatic carbocycles. The summed E-state index contributed by atoms with van der Waals surface area (Å²) in [5.74, 6) is 0. The molecule has 0 aliphatic heterocycles. The second-order valence-electron chi connectivity index (χ2n) is 12.6. The normalized spacial score (nSPS) is 11.7. The van der Waals surface area contributed by atoms with E-state index < -0.39 is 0 Å². The first-order valence-corrected chi connectivity index (χ1v) is 17.5. The first-order valence-electron chi connectivity index (χ1n) is 16.7. The maximum Gasteiger partial charge on any atom is 0.0561 e. The van der Waals surface area contributed by atoms with Gasteiger partial charge >= 0.3 is 0 Å². The predicted molar refractivity (Wildman–Crippen MR) is 211 cm³/mol. The van der Waals surface area contributed by atoms with Gasteiger partial charge < -0.3 is 9.47 Å². The molecule has 0 bridgehead atoms. The Labute approximate surface area is 288 Å². The number of rotatable bonds is 5. The maximum absolute atomic E-state index is 2.48. The highest BCUT2D eigenvalue weighted by Crippen LogP contribution is 2.49. The summed E-state index contributed by atoms with van der Waals surface area (Å²) >= 11 is 1.89. The third kappa shape index (κ3) is 4.47. The van der Waals surface area contributed by atoms with E-state index in [9.17, 15) is 0 Å². The molecule has 0 atom stereocenters. The molecule has 8 aromatic carbocycles. The topological polar surface area (TPSA) is 8.17 Å². The second-order valence-corrected chi connectivity index (χ2v) is 13.6. The molecule has 0 spiro atoms. The highest BCUT2D eigenvalue weighted by Gasteiger charge is 2.22. The van der Waals surface area contributed by atoms with Gasteiger partial charge in [-0.2, -0.15) is 0 Å². The smallest absolute Gasteiger partial charge is 0.0561 e. The van der Waals surface area contributed by atoms with Crippen LogP contribution in [0.15, 0.2) is 182 Å². The molecule has 0 amide bonds. The van der Waals surface area contributed by atoms with Crippen molar-refractivity contribution < 1.29 is 0 Å². The molecule has 0 N–H and O–H groups in total.